The third-order valence-electron chi connectivity index (χ3n) is 4.17. The van der Waals surface area contributed by atoms with E-state index >= 15 is 0 Å². The minimum atomic E-state index is 0.817. The van der Waals surface area contributed by atoms with E-state index in [1.165, 1.54) is 21.9 Å². The second kappa shape index (κ2) is 3.85. The minimum absolute atomic E-state index is 0.817. The number of hydrogen-bond donors (Lipinski definition) is 0. The standard InChI is InChI=1S/C18H12N2O/c1-2-6-16-12(4-1)11-20-15-8-9-19-10-14(15)13-5-3-7-17(21-16)18(13)20/h1-10H,11H2. The summed E-state index contributed by atoms with van der Waals surface area (Å²) in [5.41, 5.74) is 3.55. The molecular formula is C18H12N2O. The van der Waals surface area contributed by atoms with Crippen LogP contribution in [0.2, 0.25) is 0 Å². The topological polar surface area (TPSA) is 27.1 Å². The van der Waals surface area contributed by atoms with Crippen LogP contribution in [-0.2, 0) is 6.54 Å². The van der Waals surface area contributed by atoms with Crippen molar-refractivity contribution >= 4 is 21.8 Å². The van der Waals surface area contributed by atoms with E-state index in [9.17, 15) is 0 Å². The van der Waals surface area contributed by atoms with Crippen LogP contribution in [0, 0.1) is 0 Å². The Balaban J connectivity index is 1.97. The van der Waals surface area contributed by atoms with E-state index in [0.29, 0.717) is 0 Å². The van der Waals surface area contributed by atoms with Crippen molar-refractivity contribution in [3.05, 3.63) is 66.5 Å². The molecule has 0 atom stereocenters. The zero-order valence-corrected chi connectivity index (χ0v) is 11.3. The first-order valence-corrected chi connectivity index (χ1v) is 7.02. The predicted octanol–water partition coefficient (Wildman–Crippen LogP) is 4.34. The lowest BCUT2D eigenvalue weighted by molar-refractivity contribution is 0.486. The first-order chi connectivity index (χ1) is 10.4. The molecule has 0 bridgehead atoms. The molecule has 0 saturated carbocycles. The molecule has 2 aromatic heterocycles. The van der Waals surface area contributed by atoms with Crippen LogP contribution in [0.3, 0.4) is 0 Å². The van der Waals surface area contributed by atoms with Gasteiger partial charge >= 0.3 is 0 Å². The highest BCUT2D eigenvalue weighted by molar-refractivity contribution is 6.09. The highest BCUT2D eigenvalue weighted by Gasteiger charge is 2.20. The summed E-state index contributed by atoms with van der Waals surface area (Å²) in [6.07, 6.45) is 3.79. The summed E-state index contributed by atoms with van der Waals surface area (Å²) in [5.74, 6) is 1.85. The average molecular weight is 272 g/mol. The van der Waals surface area contributed by atoms with Crippen LogP contribution >= 0.6 is 0 Å². The van der Waals surface area contributed by atoms with Gasteiger partial charge in [-0.1, -0.05) is 30.3 Å². The number of para-hydroxylation sites is 2. The van der Waals surface area contributed by atoms with Crippen molar-refractivity contribution in [2.75, 3.05) is 0 Å². The van der Waals surface area contributed by atoms with Crippen LogP contribution in [-0.4, -0.2) is 9.55 Å². The summed E-state index contributed by atoms with van der Waals surface area (Å²) in [6.45, 7) is 0.817. The zero-order chi connectivity index (χ0) is 13.8. The summed E-state index contributed by atoms with van der Waals surface area (Å²) in [4.78, 5) is 4.27. The molecule has 3 heteroatoms. The first-order valence-electron chi connectivity index (χ1n) is 7.02. The van der Waals surface area contributed by atoms with Gasteiger partial charge in [-0.25, -0.2) is 0 Å². The highest BCUT2D eigenvalue weighted by Crippen LogP contribution is 2.40. The largest absolute Gasteiger partial charge is 0.455 e. The fourth-order valence-corrected chi connectivity index (χ4v) is 3.24. The van der Waals surface area contributed by atoms with E-state index in [-0.39, 0.29) is 0 Å². The number of benzene rings is 2. The van der Waals surface area contributed by atoms with Gasteiger partial charge in [0.1, 0.15) is 5.75 Å². The Labute approximate surface area is 121 Å². The SMILES string of the molecule is c1ccc2c(c1)Cn1c3ccncc3c3cccc(c31)O2. The molecule has 0 unspecified atom stereocenters. The Morgan fingerprint density at radius 1 is 0.905 bits per heavy atom. The molecule has 0 aliphatic carbocycles. The Morgan fingerprint density at radius 3 is 2.81 bits per heavy atom. The summed E-state index contributed by atoms with van der Waals surface area (Å²) >= 11 is 0. The number of fused-ring (bicyclic) bond motifs is 4. The number of ether oxygens (including phenoxy) is 1. The fourth-order valence-electron chi connectivity index (χ4n) is 3.24. The number of hydrogen-bond acceptors (Lipinski definition) is 2. The lowest BCUT2D eigenvalue weighted by Crippen LogP contribution is -1.97. The lowest BCUT2D eigenvalue weighted by Gasteiger charge is -2.07. The Morgan fingerprint density at radius 2 is 1.81 bits per heavy atom. The van der Waals surface area contributed by atoms with E-state index in [0.717, 1.165) is 23.6 Å². The van der Waals surface area contributed by atoms with Crippen molar-refractivity contribution in [1.29, 1.82) is 0 Å². The normalized spacial score (nSPS) is 13.0. The minimum Gasteiger partial charge on any atom is -0.455 e. The molecule has 0 fully saturated rings. The van der Waals surface area contributed by atoms with Crippen molar-refractivity contribution < 1.29 is 4.74 Å². The summed E-state index contributed by atoms with van der Waals surface area (Å²) in [5, 5.41) is 2.38. The van der Waals surface area contributed by atoms with Crippen LogP contribution in [0.5, 0.6) is 11.5 Å². The van der Waals surface area contributed by atoms with Crippen LogP contribution < -0.4 is 4.74 Å². The smallest absolute Gasteiger partial charge is 0.151 e. The van der Waals surface area contributed by atoms with E-state index in [1.54, 1.807) is 0 Å². The molecule has 3 nitrogen and oxygen atoms in total. The van der Waals surface area contributed by atoms with Gasteiger partial charge in [-0.15, -0.1) is 0 Å². The third kappa shape index (κ3) is 1.40. The van der Waals surface area contributed by atoms with Crippen molar-refractivity contribution in [2.24, 2.45) is 0 Å². The first kappa shape index (κ1) is 10.9. The van der Waals surface area contributed by atoms with Gasteiger partial charge in [0, 0.05) is 28.7 Å². The Hall–Kier alpha value is -2.81. The van der Waals surface area contributed by atoms with E-state index in [1.807, 2.05) is 36.7 Å². The number of rotatable bonds is 0. The van der Waals surface area contributed by atoms with Gasteiger partial charge < -0.3 is 9.30 Å². The maximum atomic E-state index is 6.16. The summed E-state index contributed by atoms with van der Waals surface area (Å²) in [6, 6.07) is 16.5. The summed E-state index contributed by atoms with van der Waals surface area (Å²) < 4.78 is 8.49. The molecular weight excluding hydrogens is 260 g/mol. The van der Waals surface area contributed by atoms with Crippen molar-refractivity contribution in [1.82, 2.24) is 9.55 Å². The highest BCUT2D eigenvalue weighted by atomic mass is 16.5. The van der Waals surface area contributed by atoms with E-state index < -0.39 is 0 Å². The monoisotopic (exact) mass is 272 g/mol. The van der Waals surface area contributed by atoms with Crippen molar-refractivity contribution in [3.8, 4) is 11.5 Å². The number of aromatic nitrogens is 2. The second-order valence-electron chi connectivity index (χ2n) is 5.34. The second-order valence-corrected chi connectivity index (χ2v) is 5.34. The molecule has 21 heavy (non-hydrogen) atoms. The molecule has 0 spiro atoms. The van der Waals surface area contributed by atoms with Gasteiger partial charge in [-0.05, 0) is 18.2 Å². The van der Waals surface area contributed by atoms with Crippen LogP contribution in [0.15, 0.2) is 60.9 Å². The molecule has 3 heterocycles. The van der Waals surface area contributed by atoms with Gasteiger partial charge in [0.05, 0.1) is 17.6 Å². The maximum Gasteiger partial charge on any atom is 0.151 e. The van der Waals surface area contributed by atoms with E-state index in [4.69, 9.17) is 4.74 Å². The summed E-state index contributed by atoms with van der Waals surface area (Å²) in [7, 11) is 0. The number of pyridine rings is 1. The molecule has 0 amide bonds. The van der Waals surface area contributed by atoms with Crippen molar-refractivity contribution in [3.63, 3.8) is 0 Å². The molecule has 2 aromatic carbocycles. The van der Waals surface area contributed by atoms with Crippen LogP contribution in [0.25, 0.3) is 21.8 Å². The van der Waals surface area contributed by atoms with E-state index in [2.05, 4.69) is 33.8 Å². The zero-order valence-electron chi connectivity index (χ0n) is 11.3. The maximum absolute atomic E-state index is 6.16. The molecule has 100 valence electrons. The van der Waals surface area contributed by atoms with Gasteiger partial charge in [-0.2, -0.15) is 0 Å². The van der Waals surface area contributed by atoms with Gasteiger partial charge in [0.2, 0.25) is 0 Å². The lowest BCUT2D eigenvalue weighted by atomic mass is 10.2. The Bertz CT molecular complexity index is 1000. The molecule has 5 rings (SSSR count). The molecule has 0 radical (unpaired) electrons. The fraction of sp³-hybridized carbons (Fsp3) is 0.0556. The molecule has 0 saturated heterocycles. The molecule has 4 aromatic rings. The Kier molecular flexibility index (Phi) is 2.00. The van der Waals surface area contributed by atoms with Crippen molar-refractivity contribution in [2.45, 2.75) is 6.54 Å². The van der Waals surface area contributed by atoms with Gasteiger partial charge in [0.25, 0.3) is 0 Å². The molecule has 0 N–H and O–H groups in total. The van der Waals surface area contributed by atoms with Crippen LogP contribution in [0.1, 0.15) is 5.56 Å². The van der Waals surface area contributed by atoms with Crippen LogP contribution in [0.4, 0.5) is 0 Å². The molecule has 1 aliphatic rings. The predicted molar refractivity (Wildman–Crippen MR) is 82.9 cm³/mol. The van der Waals surface area contributed by atoms with Gasteiger partial charge in [-0.3, -0.25) is 4.98 Å². The average Bonchev–Trinajstić information content (AvgIpc) is 2.74. The third-order valence-corrected chi connectivity index (χ3v) is 4.17. The quantitative estimate of drug-likeness (QED) is 0.419. The van der Waals surface area contributed by atoms with Gasteiger partial charge in [0.15, 0.2) is 5.75 Å². The molecule has 1 aliphatic heterocycles. The number of nitrogens with zero attached hydrogens (tertiary/aromatic N) is 2.